The van der Waals surface area contributed by atoms with Gasteiger partial charge in [-0.05, 0) is 30.9 Å². The van der Waals surface area contributed by atoms with Gasteiger partial charge in [0.15, 0.2) is 0 Å². The van der Waals surface area contributed by atoms with Crippen LogP contribution in [0.1, 0.15) is 30.1 Å². The van der Waals surface area contributed by atoms with E-state index in [2.05, 4.69) is 6.92 Å². The minimum absolute atomic E-state index is 0.0208. The van der Waals surface area contributed by atoms with Crippen LogP contribution in [-0.4, -0.2) is 30.0 Å². The number of anilines is 1. The Bertz CT molecular complexity index is 561. The van der Waals surface area contributed by atoms with Crippen LogP contribution in [0.3, 0.4) is 0 Å². The highest BCUT2D eigenvalue weighted by atomic mass is 16.6. The first kappa shape index (κ1) is 15.2. The fourth-order valence-corrected chi connectivity index (χ4v) is 2.97. The van der Waals surface area contributed by atoms with Gasteiger partial charge >= 0.3 is 0 Å². The molecular formula is C14H20N4O3. The Labute approximate surface area is 123 Å². The van der Waals surface area contributed by atoms with Crippen molar-refractivity contribution >= 4 is 17.3 Å². The Kier molecular flexibility index (Phi) is 4.42. The number of primary amides is 1. The van der Waals surface area contributed by atoms with Crippen molar-refractivity contribution in [3.63, 3.8) is 0 Å². The molecule has 7 heteroatoms. The molecule has 1 saturated heterocycles. The molecule has 1 fully saturated rings. The topological polar surface area (TPSA) is 115 Å². The average Bonchev–Trinajstić information content (AvgIpc) is 2.46. The molecule has 114 valence electrons. The van der Waals surface area contributed by atoms with Crippen LogP contribution >= 0.6 is 0 Å². The summed E-state index contributed by atoms with van der Waals surface area (Å²) in [5, 5.41) is 11.3. The minimum Gasteiger partial charge on any atom is -0.366 e. The number of nitro benzene ring substituents is 1. The summed E-state index contributed by atoms with van der Waals surface area (Å²) >= 11 is 0. The second kappa shape index (κ2) is 6.09. The molecule has 0 bridgehead atoms. The van der Waals surface area contributed by atoms with Gasteiger partial charge in [0, 0.05) is 30.8 Å². The Morgan fingerprint density at radius 1 is 1.52 bits per heavy atom. The molecule has 21 heavy (non-hydrogen) atoms. The fourth-order valence-electron chi connectivity index (χ4n) is 2.97. The summed E-state index contributed by atoms with van der Waals surface area (Å²) in [6.45, 7) is 3.20. The molecule has 0 aliphatic carbocycles. The molecule has 1 aromatic rings. The van der Waals surface area contributed by atoms with E-state index in [0.29, 0.717) is 24.7 Å². The lowest BCUT2D eigenvalue weighted by Gasteiger charge is -2.40. The number of nitro groups is 1. The lowest BCUT2D eigenvalue weighted by Crippen LogP contribution is -2.49. The summed E-state index contributed by atoms with van der Waals surface area (Å²) in [6, 6.07) is 4.25. The van der Waals surface area contributed by atoms with Gasteiger partial charge in [-0.15, -0.1) is 0 Å². The Morgan fingerprint density at radius 3 is 2.81 bits per heavy atom. The number of hydrogen-bond donors (Lipinski definition) is 2. The monoisotopic (exact) mass is 292 g/mol. The van der Waals surface area contributed by atoms with Gasteiger partial charge in [-0.3, -0.25) is 14.9 Å². The van der Waals surface area contributed by atoms with Gasteiger partial charge < -0.3 is 16.4 Å². The van der Waals surface area contributed by atoms with E-state index in [0.717, 1.165) is 12.8 Å². The van der Waals surface area contributed by atoms with Crippen LogP contribution in [-0.2, 0) is 0 Å². The second-order valence-electron chi connectivity index (χ2n) is 5.44. The number of nitrogens with two attached hydrogens (primary N) is 2. The van der Waals surface area contributed by atoms with Crippen LogP contribution in [0.25, 0.3) is 0 Å². The van der Waals surface area contributed by atoms with Gasteiger partial charge in [0.1, 0.15) is 5.69 Å². The number of carbonyl (C=O) groups excluding carboxylic acids is 1. The predicted octanol–water partition coefficient (Wildman–Crippen LogP) is 1.26. The smallest absolute Gasteiger partial charge is 0.292 e. The molecule has 2 atom stereocenters. The van der Waals surface area contributed by atoms with Crippen LogP contribution in [0.15, 0.2) is 18.2 Å². The van der Waals surface area contributed by atoms with E-state index >= 15 is 0 Å². The molecule has 0 radical (unpaired) electrons. The zero-order valence-electron chi connectivity index (χ0n) is 12.0. The van der Waals surface area contributed by atoms with Crippen LogP contribution in [0.4, 0.5) is 11.4 Å². The lowest BCUT2D eigenvalue weighted by atomic mass is 9.90. The summed E-state index contributed by atoms with van der Waals surface area (Å²) in [6.07, 6.45) is 1.98. The number of rotatable bonds is 4. The van der Waals surface area contributed by atoms with E-state index in [9.17, 15) is 14.9 Å². The summed E-state index contributed by atoms with van der Waals surface area (Å²) in [5.74, 6) is -0.249. The van der Waals surface area contributed by atoms with Crippen molar-refractivity contribution in [3.05, 3.63) is 33.9 Å². The fraction of sp³-hybridized carbons (Fsp3) is 0.500. The SMILES string of the molecule is CC1CCCN(c2cc(C(N)=O)ccc2[N+](=O)[O-])C1CN. The molecule has 2 rings (SSSR count). The molecule has 0 aromatic heterocycles. The first-order chi connectivity index (χ1) is 9.95. The third kappa shape index (κ3) is 2.97. The molecule has 1 aliphatic rings. The summed E-state index contributed by atoms with van der Waals surface area (Å²) in [7, 11) is 0. The summed E-state index contributed by atoms with van der Waals surface area (Å²) in [4.78, 5) is 24.1. The lowest BCUT2D eigenvalue weighted by molar-refractivity contribution is -0.384. The van der Waals surface area contributed by atoms with Crippen molar-refractivity contribution in [2.24, 2.45) is 17.4 Å². The van der Waals surface area contributed by atoms with Crippen molar-refractivity contribution in [2.45, 2.75) is 25.8 Å². The molecule has 0 spiro atoms. The highest BCUT2D eigenvalue weighted by Crippen LogP contribution is 2.35. The average molecular weight is 292 g/mol. The number of piperidine rings is 1. The zero-order chi connectivity index (χ0) is 15.6. The van der Waals surface area contributed by atoms with E-state index in [1.165, 1.54) is 18.2 Å². The first-order valence-electron chi connectivity index (χ1n) is 7.00. The standard InChI is InChI=1S/C14H20N4O3/c1-9-3-2-6-17(13(9)8-15)12-7-10(14(16)19)4-5-11(12)18(20)21/h4-5,7,9,13H,2-3,6,8,15H2,1H3,(H2,16,19). The molecule has 7 nitrogen and oxygen atoms in total. The Morgan fingerprint density at radius 2 is 2.24 bits per heavy atom. The number of benzene rings is 1. The first-order valence-corrected chi connectivity index (χ1v) is 7.00. The van der Waals surface area contributed by atoms with E-state index in [-0.39, 0.29) is 17.3 Å². The van der Waals surface area contributed by atoms with Gasteiger partial charge in [-0.2, -0.15) is 0 Å². The van der Waals surface area contributed by atoms with Crippen LogP contribution < -0.4 is 16.4 Å². The van der Waals surface area contributed by atoms with Crippen molar-refractivity contribution in [2.75, 3.05) is 18.0 Å². The van der Waals surface area contributed by atoms with Crippen LogP contribution in [0.5, 0.6) is 0 Å². The van der Waals surface area contributed by atoms with E-state index in [1.807, 2.05) is 4.90 Å². The van der Waals surface area contributed by atoms with Gasteiger partial charge in [-0.25, -0.2) is 0 Å². The normalized spacial score (nSPS) is 22.1. The third-order valence-corrected chi connectivity index (χ3v) is 4.12. The molecule has 0 saturated carbocycles. The maximum atomic E-state index is 11.3. The molecule has 1 heterocycles. The number of amides is 1. The van der Waals surface area contributed by atoms with Crippen LogP contribution in [0.2, 0.25) is 0 Å². The molecule has 1 aliphatic heterocycles. The minimum atomic E-state index is -0.597. The van der Waals surface area contributed by atoms with E-state index < -0.39 is 10.8 Å². The predicted molar refractivity (Wildman–Crippen MR) is 80.2 cm³/mol. The molecule has 1 aromatic carbocycles. The van der Waals surface area contributed by atoms with Gasteiger partial charge in [0.05, 0.1) is 4.92 Å². The Hall–Kier alpha value is -2.15. The maximum absolute atomic E-state index is 11.3. The number of carbonyl (C=O) groups is 1. The Balaban J connectivity index is 2.50. The molecule has 1 amide bonds. The van der Waals surface area contributed by atoms with Crippen molar-refractivity contribution in [3.8, 4) is 0 Å². The highest BCUT2D eigenvalue weighted by molar-refractivity contribution is 5.94. The molecule has 2 unspecified atom stereocenters. The van der Waals surface area contributed by atoms with E-state index in [4.69, 9.17) is 11.5 Å². The van der Waals surface area contributed by atoms with Crippen molar-refractivity contribution in [1.82, 2.24) is 0 Å². The largest absolute Gasteiger partial charge is 0.366 e. The zero-order valence-corrected chi connectivity index (χ0v) is 12.0. The van der Waals surface area contributed by atoms with Gasteiger partial charge in [-0.1, -0.05) is 6.92 Å². The number of nitrogens with zero attached hydrogens (tertiary/aromatic N) is 2. The highest BCUT2D eigenvalue weighted by Gasteiger charge is 2.31. The second-order valence-corrected chi connectivity index (χ2v) is 5.44. The number of hydrogen-bond acceptors (Lipinski definition) is 5. The van der Waals surface area contributed by atoms with Crippen molar-refractivity contribution in [1.29, 1.82) is 0 Å². The summed E-state index contributed by atoms with van der Waals surface area (Å²) in [5.41, 5.74) is 11.8. The quantitative estimate of drug-likeness (QED) is 0.640. The van der Waals surface area contributed by atoms with Crippen LogP contribution in [0, 0.1) is 16.0 Å². The van der Waals surface area contributed by atoms with Gasteiger partial charge in [0.25, 0.3) is 5.69 Å². The van der Waals surface area contributed by atoms with Gasteiger partial charge in [0.2, 0.25) is 5.91 Å². The summed E-state index contributed by atoms with van der Waals surface area (Å²) < 4.78 is 0. The van der Waals surface area contributed by atoms with Crippen molar-refractivity contribution < 1.29 is 9.72 Å². The molecule has 4 N–H and O–H groups in total. The maximum Gasteiger partial charge on any atom is 0.292 e. The third-order valence-electron chi connectivity index (χ3n) is 4.12. The van der Waals surface area contributed by atoms with E-state index in [1.54, 1.807) is 0 Å². The molecular weight excluding hydrogens is 272 g/mol.